The highest BCUT2D eigenvalue weighted by Gasteiger charge is 2.24. The van der Waals surface area contributed by atoms with Gasteiger partial charge in [-0.05, 0) is 31.3 Å². The van der Waals surface area contributed by atoms with Gasteiger partial charge in [-0.3, -0.25) is 9.78 Å². The summed E-state index contributed by atoms with van der Waals surface area (Å²) in [7, 11) is 0. The number of halogens is 2. The maximum atomic E-state index is 12.0. The maximum Gasteiger partial charge on any atom is 0.279 e. The summed E-state index contributed by atoms with van der Waals surface area (Å²) in [6.45, 7) is 1.86. The summed E-state index contributed by atoms with van der Waals surface area (Å²) in [5.74, 6) is 0.464. The van der Waals surface area contributed by atoms with Gasteiger partial charge in [0.1, 0.15) is 5.82 Å². The molecule has 0 radical (unpaired) electrons. The van der Waals surface area contributed by atoms with Crippen LogP contribution in [-0.4, -0.2) is 15.7 Å². The van der Waals surface area contributed by atoms with Crippen molar-refractivity contribution < 1.29 is 0 Å². The second-order valence-corrected chi connectivity index (χ2v) is 6.24. The number of nitrogens with one attached hydrogen (secondary N) is 3. The Morgan fingerprint density at radius 2 is 1.95 bits per heavy atom. The van der Waals surface area contributed by atoms with Crippen LogP contribution in [0.4, 0.5) is 11.5 Å². The monoisotopic (exact) mass is 354 g/mol. The molecule has 0 amide bonds. The van der Waals surface area contributed by atoms with Crippen LogP contribution in [0.25, 0.3) is 0 Å². The highest BCUT2D eigenvalue weighted by atomic mass is 35.5. The zero-order valence-electron chi connectivity index (χ0n) is 11.5. The molecular weight excluding hydrogens is 343 g/mol. The van der Waals surface area contributed by atoms with Gasteiger partial charge in [0.05, 0.1) is 6.04 Å². The lowest BCUT2D eigenvalue weighted by molar-refractivity contribution is 0.818. The predicted molar refractivity (Wildman–Crippen MR) is 92.5 cm³/mol. The quantitative estimate of drug-likeness (QED) is 0.665. The van der Waals surface area contributed by atoms with E-state index >= 15 is 0 Å². The van der Waals surface area contributed by atoms with E-state index in [2.05, 4.69) is 20.3 Å². The second kappa shape index (κ2) is 5.87. The lowest BCUT2D eigenvalue weighted by Gasteiger charge is -2.20. The van der Waals surface area contributed by atoms with Crippen LogP contribution in [0.1, 0.15) is 24.9 Å². The predicted octanol–water partition coefficient (Wildman–Crippen LogP) is 4.39. The average molecular weight is 355 g/mol. The molecular formula is C14H12Cl2N4OS. The number of aromatic nitrogens is 2. The number of H-pyrrole nitrogens is 2. The topological polar surface area (TPSA) is 73.0 Å². The number of anilines is 1. The minimum Gasteiger partial charge on any atom is -0.362 e. The van der Waals surface area contributed by atoms with Crippen LogP contribution in [0.3, 0.4) is 0 Å². The maximum absolute atomic E-state index is 12.0. The molecule has 1 aliphatic heterocycles. The molecule has 3 N–H and O–H groups in total. The van der Waals surface area contributed by atoms with E-state index < -0.39 is 0 Å². The van der Waals surface area contributed by atoms with Crippen molar-refractivity contribution in [2.75, 3.05) is 5.32 Å². The van der Waals surface area contributed by atoms with Gasteiger partial charge in [0.2, 0.25) is 0 Å². The van der Waals surface area contributed by atoms with Crippen LogP contribution >= 0.6 is 35.4 Å². The smallest absolute Gasteiger partial charge is 0.279 e. The standard InChI is InChI=1S/C14H12Cl2N4OS/c1-6-5-9(10-7(15)3-2-4-8(10)16)18-12-11(17-6)13(21)20-14(22)19-12/h2-4,9H,5H2,1H3,(H3,18,19,20,21,22)/t9-/m1/s1. The fourth-order valence-corrected chi connectivity index (χ4v) is 3.32. The molecule has 2 heterocycles. The Morgan fingerprint density at radius 3 is 2.64 bits per heavy atom. The van der Waals surface area contributed by atoms with Gasteiger partial charge < -0.3 is 10.3 Å². The first-order valence-electron chi connectivity index (χ1n) is 6.57. The van der Waals surface area contributed by atoms with E-state index in [0.717, 1.165) is 11.3 Å². The van der Waals surface area contributed by atoms with E-state index in [1.165, 1.54) is 0 Å². The van der Waals surface area contributed by atoms with E-state index in [0.29, 0.717) is 22.3 Å². The summed E-state index contributed by atoms with van der Waals surface area (Å²) in [5, 5.41) is 4.36. The molecule has 0 saturated heterocycles. The third-order valence-corrected chi connectivity index (χ3v) is 4.25. The van der Waals surface area contributed by atoms with Crippen molar-refractivity contribution in [3.63, 3.8) is 0 Å². The number of benzene rings is 1. The zero-order chi connectivity index (χ0) is 15.9. The van der Waals surface area contributed by atoms with Gasteiger partial charge in [-0.2, -0.15) is 0 Å². The molecule has 0 unspecified atom stereocenters. The minimum absolute atomic E-state index is 0.210. The molecule has 0 fully saturated rings. The average Bonchev–Trinajstić information content (AvgIpc) is 2.57. The van der Waals surface area contributed by atoms with Gasteiger partial charge >= 0.3 is 0 Å². The Morgan fingerprint density at radius 1 is 1.27 bits per heavy atom. The lowest BCUT2D eigenvalue weighted by atomic mass is 10.0. The number of nitrogens with zero attached hydrogens (tertiary/aromatic N) is 1. The summed E-state index contributed by atoms with van der Waals surface area (Å²) in [6, 6.07) is 5.14. The van der Waals surface area contributed by atoms with Crippen molar-refractivity contribution in [3.05, 3.63) is 48.9 Å². The zero-order valence-corrected chi connectivity index (χ0v) is 13.9. The Kier molecular flexibility index (Phi) is 4.08. The Hall–Kier alpha value is -1.63. The molecule has 3 rings (SSSR count). The van der Waals surface area contributed by atoms with Gasteiger partial charge in [-0.1, -0.05) is 29.3 Å². The van der Waals surface area contributed by atoms with Gasteiger partial charge in [-0.25, -0.2) is 4.99 Å². The molecule has 0 aliphatic carbocycles. The molecule has 1 aliphatic rings. The van der Waals surface area contributed by atoms with Crippen LogP contribution in [0.2, 0.25) is 10.0 Å². The van der Waals surface area contributed by atoms with E-state index in [4.69, 9.17) is 35.4 Å². The third kappa shape index (κ3) is 2.82. The third-order valence-electron chi connectivity index (χ3n) is 3.39. The molecule has 5 nitrogen and oxygen atoms in total. The number of fused-ring (bicyclic) bond motifs is 1. The summed E-state index contributed by atoms with van der Waals surface area (Å²) in [5.41, 5.74) is 1.50. The van der Waals surface area contributed by atoms with Crippen LogP contribution < -0.4 is 10.9 Å². The Bertz CT molecular complexity index is 867. The first-order valence-corrected chi connectivity index (χ1v) is 7.73. The fraction of sp³-hybridized carbons (Fsp3) is 0.214. The Balaban J connectivity index is 2.16. The fourth-order valence-electron chi connectivity index (χ4n) is 2.47. The highest BCUT2D eigenvalue weighted by Crippen LogP contribution is 2.37. The molecule has 0 saturated carbocycles. The Labute approximate surface area is 141 Å². The molecule has 0 bridgehead atoms. The van der Waals surface area contributed by atoms with Crippen LogP contribution in [0.5, 0.6) is 0 Å². The largest absolute Gasteiger partial charge is 0.362 e. The van der Waals surface area contributed by atoms with E-state index in [1.807, 2.05) is 6.92 Å². The number of rotatable bonds is 1. The number of hydrogen-bond donors (Lipinski definition) is 3. The molecule has 2 aromatic rings. The molecule has 8 heteroatoms. The van der Waals surface area contributed by atoms with Crippen molar-refractivity contribution >= 4 is 52.6 Å². The van der Waals surface area contributed by atoms with Crippen molar-refractivity contribution in [2.24, 2.45) is 4.99 Å². The number of aromatic amines is 2. The molecule has 1 atom stereocenters. The van der Waals surface area contributed by atoms with E-state index in [9.17, 15) is 4.79 Å². The van der Waals surface area contributed by atoms with Gasteiger partial charge in [0, 0.05) is 27.7 Å². The number of hydrogen-bond acceptors (Lipinski definition) is 4. The van der Waals surface area contributed by atoms with Crippen LogP contribution in [0.15, 0.2) is 28.0 Å². The van der Waals surface area contributed by atoms with Crippen molar-refractivity contribution in [1.29, 1.82) is 0 Å². The van der Waals surface area contributed by atoms with Gasteiger partial charge in [0.25, 0.3) is 5.56 Å². The van der Waals surface area contributed by atoms with Crippen LogP contribution in [0, 0.1) is 4.77 Å². The highest BCUT2D eigenvalue weighted by molar-refractivity contribution is 7.71. The summed E-state index contributed by atoms with van der Waals surface area (Å²) in [6.07, 6.45) is 0.568. The molecule has 1 aromatic carbocycles. The normalized spacial score (nSPS) is 17.2. The van der Waals surface area contributed by atoms with Crippen molar-refractivity contribution in [1.82, 2.24) is 9.97 Å². The van der Waals surface area contributed by atoms with E-state index in [-0.39, 0.29) is 22.1 Å². The lowest BCUT2D eigenvalue weighted by Crippen LogP contribution is -2.16. The molecule has 0 spiro atoms. The van der Waals surface area contributed by atoms with Gasteiger partial charge in [-0.15, -0.1) is 0 Å². The SMILES string of the molecule is CC1=Nc2c([nH]c(=S)[nH]c2=O)N[C@@H](c2c(Cl)cccc2Cl)C1. The first kappa shape index (κ1) is 15.3. The molecule has 114 valence electrons. The summed E-state index contributed by atoms with van der Waals surface area (Å²) >= 11 is 17.6. The second-order valence-electron chi connectivity index (χ2n) is 5.02. The molecule has 22 heavy (non-hydrogen) atoms. The van der Waals surface area contributed by atoms with Crippen molar-refractivity contribution in [3.8, 4) is 0 Å². The van der Waals surface area contributed by atoms with Crippen LogP contribution in [-0.2, 0) is 0 Å². The summed E-state index contributed by atoms with van der Waals surface area (Å²) in [4.78, 5) is 21.8. The van der Waals surface area contributed by atoms with Crippen molar-refractivity contribution in [2.45, 2.75) is 19.4 Å². The van der Waals surface area contributed by atoms with E-state index in [1.54, 1.807) is 18.2 Å². The molecule has 1 aromatic heterocycles. The minimum atomic E-state index is -0.337. The summed E-state index contributed by atoms with van der Waals surface area (Å²) < 4.78 is 0.231. The number of aliphatic imine (C=N–C) groups is 1. The van der Waals surface area contributed by atoms with Gasteiger partial charge in [0.15, 0.2) is 10.5 Å². The first-order chi connectivity index (χ1) is 10.5.